The Bertz CT molecular complexity index is 786. The number of carbonyl (C=O) groups is 2. The van der Waals surface area contributed by atoms with Gasteiger partial charge in [-0.15, -0.1) is 0 Å². The Morgan fingerprint density at radius 1 is 1.21 bits per heavy atom. The van der Waals surface area contributed by atoms with Gasteiger partial charge >= 0.3 is 11.9 Å². The maximum Gasteiger partial charge on any atom is 0.340 e. The summed E-state index contributed by atoms with van der Waals surface area (Å²) in [6.45, 7) is 7.18. The Kier molecular flexibility index (Phi) is 4.82. The molecule has 0 N–H and O–H groups in total. The Morgan fingerprint density at radius 2 is 1.88 bits per heavy atom. The number of esters is 2. The minimum atomic E-state index is -0.573. The van der Waals surface area contributed by atoms with Gasteiger partial charge in [0, 0.05) is 6.07 Å². The summed E-state index contributed by atoms with van der Waals surface area (Å²) in [4.78, 5) is 28.6. The molecule has 7 heteroatoms. The van der Waals surface area contributed by atoms with E-state index in [4.69, 9.17) is 14.2 Å². The van der Waals surface area contributed by atoms with Gasteiger partial charge in [-0.05, 0) is 33.8 Å². The lowest BCUT2D eigenvalue weighted by molar-refractivity contribution is -0.155. The predicted molar refractivity (Wildman–Crippen MR) is 88.2 cm³/mol. The first-order valence-electron chi connectivity index (χ1n) is 7.51. The highest BCUT2D eigenvalue weighted by Crippen LogP contribution is 2.27. The van der Waals surface area contributed by atoms with Crippen LogP contribution in [0.5, 0.6) is 5.75 Å². The third-order valence-corrected chi connectivity index (χ3v) is 3.37. The molecule has 1 heterocycles. The quantitative estimate of drug-likeness (QED) is 0.799. The van der Waals surface area contributed by atoms with E-state index >= 15 is 0 Å². The fourth-order valence-corrected chi connectivity index (χ4v) is 2.40. The van der Waals surface area contributed by atoms with Crippen molar-refractivity contribution in [1.82, 2.24) is 9.55 Å². The first kappa shape index (κ1) is 17.8. The van der Waals surface area contributed by atoms with E-state index in [2.05, 4.69) is 4.98 Å². The van der Waals surface area contributed by atoms with Gasteiger partial charge in [0.05, 0.1) is 25.3 Å². The number of ether oxygens (including phenoxy) is 3. The summed E-state index contributed by atoms with van der Waals surface area (Å²) < 4.78 is 17.1. The first-order chi connectivity index (χ1) is 11.2. The summed E-state index contributed by atoms with van der Waals surface area (Å²) in [7, 11) is 2.81. The third kappa shape index (κ3) is 3.67. The molecule has 130 valence electrons. The Balaban J connectivity index is 2.53. The molecule has 24 heavy (non-hydrogen) atoms. The van der Waals surface area contributed by atoms with E-state index < -0.39 is 11.6 Å². The second kappa shape index (κ2) is 6.51. The van der Waals surface area contributed by atoms with Gasteiger partial charge in [0.15, 0.2) is 0 Å². The number of fused-ring (bicyclic) bond motifs is 1. The lowest BCUT2D eigenvalue weighted by Crippen LogP contribution is -2.26. The van der Waals surface area contributed by atoms with Crippen molar-refractivity contribution >= 4 is 23.0 Å². The van der Waals surface area contributed by atoms with Gasteiger partial charge in [-0.3, -0.25) is 4.79 Å². The van der Waals surface area contributed by atoms with E-state index in [0.29, 0.717) is 22.6 Å². The highest BCUT2D eigenvalue weighted by atomic mass is 16.6. The topological polar surface area (TPSA) is 79.7 Å². The van der Waals surface area contributed by atoms with E-state index in [-0.39, 0.29) is 18.1 Å². The van der Waals surface area contributed by atoms with Crippen LogP contribution < -0.4 is 4.74 Å². The molecule has 0 radical (unpaired) electrons. The molecule has 0 unspecified atom stereocenters. The summed E-state index contributed by atoms with van der Waals surface area (Å²) in [5.74, 6) is 0.177. The zero-order chi connectivity index (χ0) is 18.1. The van der Waals surface area contributed by atoms with Crippen LogP contribution in [0.15, 0.2) is 12.1 Å². The molecule has 0 amide bonds. The van der Waals surface area contributed by atoms with Crippen LogP contribution in [0.4, 0.5) is 0 Å². The Morgan fingerprint density at radius 3 is 2.42 bits per heavy atom. The smallest absolute Gasteiger partial charge is 0.340 e. The first-order valence-corrected chi connectivity index (χ1v) is 7.51. The van der Waals surface area contributed by atoms with Crippen molar-refractivity contribution in [3.05, 3.63) is 23.5 Å². The molecule has 7 nitrogen and oxygen atoms in total. The van der Waals surface area contributed by atoms with Crippen LogP contribution >= 0.6 is 0 Å². The number of hydrogen-bond donors (Lipinski definition) is 0. The van der Waals surface area contributed by atoms with Gasteiger partial charge in [0.1, 0.15) is 29.2 Å². The van der Waals surface area contributed by atoms with Gasteiger partial charge in [-0.2, -0.15) is 0 Å². The molecule has 0 saturated heterocycles. The summed E-state index contributed by atoms with van der Waals surface area (Å²) >= 11 is 0. The lowest BCUT2D eigenvalue weighted by atomic mass is 10.1. The van der Waals surface area contributed by atoms with Crippen molar-refractivity contribution in [2.75, 3.05) is 14.2 Å². The normalized spacial score (nSPS) is 11.4. The maximum absolute atomic E-state index is 12.2. The molecule has 1 aromatic heterocycles. The summed E-state index contributed by atoms with van der Waals surface area (Å²) in [6, 6.07) is 3.30. The van der Waals surface area contributed by atoms with Gasteiger partial charge in [-0.25, -0.2) is 9.78 Å². The van der Waals surface area contributed by atoms with Crippen LogP contribution in [-0.4, -0.2) is 41.3 Å². The number of carbonyl (C=O) groups excluding carboxylic acids is 2. The number of imidazole rings is 1. The lowest BCUT2D eigenvalue weighted by Gasteiger charge is -2.20. The van der Waals surface area contributed by atoms with Gasteiger partial charge in [0.2, 0.25) is 0 Å². The molecular formula is C17H22N2O5. The van der Waals surface area contributed by atoms with Crippen molar-refractivity contribution in [3.8, 4) is 5.75 Å². The average molecular weight is 334 g/mol. The number of rotatable bonds is 4. The van der Waals surface area contributed by atoms with Crippen LogP contribution in [0, 0.1) is 6.92 Å². The monoisotopic (exact) mass is 334 g/mol. The molecule has 2 aromatic rings. The minimum absolute atomic E-state index is 0.00656. The number of aryl methyl sites for hydroxylation is 1. The number of aromatic nitrogens is 2. The van der Waals surface area contributed by atoms with E-state index in [9.17, 15) is 9.59 Å². The molecule has 0 fully saturated rings. The Hall–Kier alpha value is -2.57. The SMILES string of the molecule is COC(=O)c1cc(OC)cc2c1nc(C)n2CC(=O)OC(C)(C)C. The van der Waals surface area contributed by atoms with Gasteiger partial charge in [-0.1, -0.05) is 0 Å². The van der Waals surface area contributed by atoms with E-state index in [1.54, 1.807) is 23.6 Å². The highest BCUT2D eigenvalue weighted by Gasteiger charge is 2.22. The average Bonchev–Trinajstić information content (AvgIpc) is 2.79. The molecule has 0 atom stereocenters. The van der Waals surface area contributed by atoms with Crippen molar-refractivity contribution in [3.63, 3.8) is 0 Å². The van der Waals surface area contributed by atoms with Gasteiger partial charge in [0.25, 0.3) is 0 Å². The van der Waals surface area contributed by atoms with Crippen molar-refractivity contribution in [2.45, 2.75) is 39.8 Å². The number of benzene rings is 1. The van der Waals surface area contributed by atoms with E-state index in [0.717, 1.165) is 0 Å². The maximum atomic E-state index is 12.2. The van der Waals surface area contributed by atoms with Crippen LogP contribution in [0.25, 0.3) is 11.0 Å². The largest absolute Gasteiger partial charge is 0.497 e. The van der Waals surface area contributed by atoms with Crippen LogP contribution in [-0.2, 0) is 20.8 Å². The third-order valence-electron chi connectivity index (χ3n) is 3.37. The zero-order valence-electron chi connectivity index (χ0n) is 14.8. The summed E-state index contributed by atoms with van der Waals surface area (Å²) in [5, 5.41) is 0. The zero-order valence-corrected chi connectivity index (χ0v) is 14.8. The van der Waals surface area contributed by atoms with E-state index in [1.807, 2.05) is 20.8 Å². The minimum Gasteiger partial charge on any atom is -0.497 e. The number of nitrogens with zero attached hydrogens (tertiary/aromatic N) is 2. The molecule has 0 aliphatic heterocycles. The fourth-order valence-electron chi connectivity index (χ4n) is 2.40. The predicted octanol–water partition coefficient (Wildman–Crippen LogP) is 2.48. The molecule has 1 aromatic carbocycles. The van der Waals surface area contributed by atoms with Crippen LogP contribution in [0.3, 0.4) is 0 Å². The molecule has 0 saturated carbocycles. The fraction of sp³-hybridized carbons (Fsp3) is 0.471. The van der Waals surface area contributed by atoms with Crippen molar-refractivity contribution < 1.29 is 23.8 Å². The van der Waals surface area contributed by atoms with Crippen molar-refractivity contribution in [1.29, 1.82) is 0 Å². The number of hydrogen-bond acceptors (Lipinski definition) is 6. The second-order valence-electron chi connectivity index (χ2n) is 6.37. The molecular weight excluding hydrogens is 312 g/mol. The molecule has 0 aliphatic rings. The van der Waals surface area contributed by atoms with E-state index in [1.165, 1.54) is 14.2 Å². The van der Waals surface area contributed by atoms with Crippen LogP contribution in [0.1, 0.15) is 37.0 Å². The summed E-state index contributed by atoms with van der Waals surface area (Å²) in [5.41, 5.74) is 0.788. The van der Waals surface area contributed by atoms with Gasteiger partial charge < -0.3 is 18.8 Å². The van der Waals surface area contributed by atoms with Crippen LogP contribution in [0.2, 0.25) is 0 Å². The molecule has 0 spiro atoms. The Labute approximate surface area is 140 Å². The standard InChI is InChI=1S/C17H22N2O5/c1-10-18-15-12(16(21)23-6)7-11(22-5)8-13(15)19(10)9-14(20)24-17(2,3)4/h7-8H,9H2,1-6H3. The number of methoxy groups -OCH3 is 2. The molecule has 0 aliphatic carbocycles. The molecule has 2 rings (SSSR count). The summed E-state index contributed by atoms with van der Waals surface area (Å²) in [6.07, 6.45) is 0. The molecule has 0 bridgehead atoms. The second-order valence-corrected chi connectivity index (χ2v) is 6.37. The van der Waals surface area contributed by atoms with Crippen molar-refractivity contribution in [2.24, 2.45) is 0 Å². The highest BCUT2D eigenvalue weighted by molar-refractivity contribution is 6.03.